The van der Waals surface area contributed by atoms with Gasteiger partial charge in [0.05, 0.1) is 11.6 Å². The summed E-state index contributed by atoms with van der Waals surface area (Å²) in [5, 5.41) is 1.18. The third-order valence-corrected chi connectivity index (χ3v) is 7.01. The van der Waals surface area contributed by atoms with Gasteiger partial charge in [-0.05, 0) is 68.5 Å². The minimum atomic E-state index is -0.435. The summed E-state index contributed by atoms with van der Waals surface area (Å²) in [6.45, 7) is 6.65. The molecule has 1 aromatic heterocycles. The number of nitrogens with zero attached hydrogens (tertiary/aromatic N) is 2. The highest BCUT2D eigenvalue weighted by atomic mass is 16.5. The lowest BCUT2D eigenvalue weighted by molar-refractivity contribution is -0.138. The fourth-order valence-corrected chi connectivity index (χ4v) is 5.27. The minimum absolute atomic E-state index is 0.00392. The van der Waals surface area contributed by atoms with Gasteiger partial charge in [0.1, 0.15) is 17.6 Å². The van der Waals surface area contributed by atoms with E-state index in [1.54, 1.807) is 4.90 Å². The van der Waals surface area contributed by atoms with Crippen LogP contribution in [-0.2, 0) is 11.2 Å². The number of likely N-dealkylation sites (tertiary alicyclic amines) is 1. The molecule has 2 aliphatic heterocycles. The van der Waals surface area contributed by atoms with Crippen molar-refractivity contribution in [3.05, 3.63) is 59.8 Å². The molecule has 0 aliphatic carbocycles. The van der Waals surface area contributed by atoms with Gasteiger partial charge < -0.3 is 15.2 Å². The number of aromatic nitrogens is 1. The van der Waals surface area contributed by atoms with Crippen LogP contribution >= 0.6 is 0 Å². The number of urea groups is 1. The molecule has 0 saturated carbocycles. The molecule has 3 heterocycles. The lowest BCUT2D eigenvalue weighted by Crippen LogP contribution is -2.58. The first kappa shape index (κ1) is 21.7. The van der Waals surface area contributed by atoms with E-state index in [1.807, 2.05) is 32.2 Å². The van der Waals surface area contributed by atoms with Crippen LogP contribution in [0.5, 0.6) is 5.75 Å². The molecule has 6 heteroatoms. The van der Waals surface area contributed by atoms with Crippen LogP contribution in [0.3, 0.4) is 0 Å². The van der Waals surface area contributed by atoms with Crippen LogP contribution in [0.1, 0.15) is 44.2 Å². The molecule has 3 aromatic rings. The molecule has 0 bridgehead atoms. The topological polar surface area (TPSA) is 77.7 Å². The molecule has 2 amide bonds. The number of carbonyl (C=O) groups excluding carboxylic acids is 1. The van der Waals surface area contributed by atoms with Crippen molar-refractivity contribution in [2.24, 2.45) is 5.73 Å². The first-order valence-electron chi connectivity index (χ1n) is 11.7. The van der Waals surface area contributed by atoms with Crippen LogP contribution < -0.4 is 10.5 Å². The summed E-state index contributed by atoms with van der Waals surface area (Å²) in [4.78, 5) is 18.2. The molecule has 1 spiro atoms. The quantitative estimate of drug-likeness (QED) is 0.601. The molecule has 33 heavy (non-hydrogen) atoms. The molecule has 0 radical (unpaired) electrons. The van der Waals surface area contributed by atoms with E-state index in [4.69, 9.17) is 15.2 Å². The minimum Gasteiger partial charge on any atom is -0.487 e. The normalized spacial score (nSPS) is 22.4. The first-order chi connectivity index (χ1) is 15.8. The fraction of sp³-hybridized carbons (Fsp3) is 0.407. The molecular formula is C27H31N3O3. The molecule has 2 aromatic carbocycles. The second-order valence-electron chi connectivity index (χ2n) is 9.55. The van der Waals surface area contributed by atoms with Crippen LogP contribution in [-0.4, -0.2) is 40.4 Å². The van der Waals surface area contributed by atoms with Crippen molar-refractivity contribution in [3.63, 3.8) is 0 Å². The van der Waals surface area contributed by atoms with Crippen molar-refractivity contribution in [1.29, 1.82) is 0 Å². The van der Waals surface area contributed by atoms with Crippen LogP contribution in [0.4, 0.5) is 4.79 Å². The molecule has 5 rings (SSSR count). The predicted octanol–water partition coefficient (Wildman–Crippen LogP) is 5.20. The number of hydrogen-bond donors (Lipinski definition) is 1. The highest BCUT2D eigenvalue weighted by Gasteiger charge is 2.45. The monoisotopic (exact) mass is 445 g/mol. The summed E-state index contributed by atoms with van der Waals surface area (Å²) in [5.74, 6) is 0.923. The van der Waals surface area contributed by atoms with Crippen molar-refractivity contribution in [2.75, 3.05) is 6.54 Å². The smallest absolute Gasteiger partial charge is 0.316 e. The van der Waals surface area contributed by atoms with Gasteiger partial charge in [-0.15, -0.1) is 0 Å². The maximum Gasteiger partial charge on any atom is 0.316 e. The largest absolute Gasteiger partial charge is 0.487 e. The number of primary amides is 1. The Morgan fingerprint density at radius 2 is 2.06 bits per heavy atom. The van der Waals surface area contributed by atoms with E-state index in [0.29, 0.717) is 13.0 Å². The summed E-state index contributed by atoms with van der Waals surface area (Å²) < 4.78 is 12.7. The van der Waals surface area contributed by atoms with Gasteiger partial charge in [0.25, 0.3) is 0 Å². The van der Waals surface area contributed by atoms with Gasteiger partial charge in [-0.3, -0.25) is 9.88 Å². The Bertz CT molecular complexity index is 1210. The van der Waals surface area contributed by atoms with E-state index < -0.39 is 6.03 Å². The summed E-state index contributed by atoms with van der Waals surface area (Å²) in [7, 11) is 0. The SMILES string of the molecule is Cc1c(-c2ccc3c(c2)CCC2(CCN(C(N)=O)C(OC(C)C)C2)O3)cnc2ccccc12. The van der Waals surface area contributed by atoms with E-state index in [2.05, 4.69) is 42.2 Å². The molecule has 6 nitrogen and oxygen atoms in total. The molecular weight excluding hydrogens is 414 g/mol. The molecule has 172 valence electrons. The van der Waals surface area contributed by atoms with Gasteiger partial charge in [0.15, 0.2) is 0 Å². The first-order valence-corrected chi connectivity index (χ1v) is 11.7. The lowest BCUT2D eigenvalue weighted by Gasteiger charge is -2.48. The van der Waals surface area contributed by atoms with Crippen molar-refractivity contribution in [3.8, 4) is 16.9 Å². The second-order valence-corrected chi connectivity index (χ2v) is 9.55. The van der Waals surface area contributed by atoms with Gasteiger partial charge in [0.2, 0.25) is 0 Å². The third kappa shape index (κ3) is 4.04. The molecule has 1 saturated heterocycles. The van der Waals surface area contributed by atoms with Gasteiger partial charge >= 0.3 is 6.03 Å². The Morgan fingerprint density at radius 3 is 2.85 bits per heavy atom. The van der Waals surface area contributed by atoms with Crippen LogP contribution in [0.2, 0.25) is 0 Å². The van der Waals surface area contributed by atoms with Crippen LogP contribution in [0, 0.1) is 6.92 Å². The summed E-state index contributed by atoms with van der Waals surface area (Å²) in [6.07, 6.45) is 4.81. The Kier molecular flexibility index (Phi) is 5.49. The molecule has 2 aliphatic rings. The highest BCUT2D eigenvalue weighted by molar-refractivity contribution is 5.88. The Balaban J connectivity index is 1.41. The summed E-state index contributed by atoms with van der Waals surface area (Å²) in [6, 6.07) is 14.3. The van der Waals surface area contributed by atoms with Crippen LogP contribution in [0.15, 0.2) is 48.7 Å². The number of hydrogen-bond acceptors (Lipinski definition) is 4. The van der Waals surface area contributed by atoms with E-state index in [0.717, 1.165) is 41.7 Å². The number of pyridine rings is 1. The number of rotatable bonds is 3. The van der Waals surface area contributed by atoms with Gasteiger partial charge in [-0.2, -0.15) is 0 Å². The van der Waals surface area contributed by atoms with Gasteiger partial charge in [-0.25, -0.2) is 4.79 Å². The maximum atomic E-state index is 11.9. The number of carbonyl (C=O) groups is 1. The number of nitrogens with two attached hydrogens (primary N) is 1. The van der Waals surface area contributed by atoms with Crippen LogP contribution in [0.25, 0.3) is 22.0 Å². The second kappa shape index (κ2) is 8.34. The zero-order chi connectivity index (χ0) is 23.2. The summed E-state index contributed by atoms with van der Waals surface area (Å²) in [5.41, 5.74) is 11.1. The van der Waals surface area contributed by atoms with E-state index in [9.17, 15) is 4.79 Å². The molecule has 2 N–H and O–H groups in total. The van der Waals surface area contributed by atoms with Crippen molar-refractivity contribution in [1.82, 2.24) is 9.88 Å². The number of piperidine rings is 1. The number of para-hydroxylation sites is 1. The van der Waals surface area contributed by atoms with Gasteiger partial charge in [-0.1, -0.05) is 24.3 Å². The van der Waals surface area contributed by atoms with Gasteiger partial charge in [0, 0.05) is 36.5 Å². The van der Waals surface area contributed by atoms with E-state index >= 15 is 0 Å². The summed E-state index contributed by atoms with van der Waals surface area (Å²) >= 11 is 0. The Hall–Kier alpha value is -3.12. The standard InChI is InChI=1S/C27H31N3O3/c1-17(2)32-25-15-27(12-13-30(25)26(28)31)11-10-20-14-19(8-9-24(20)33-27)22-16-29-23-7-5-4-6-21(23)18(22)3/h4-9,14,16-17,25H,10-13,15H2,1-3H3,(H2,28,31). The average Bonchev–Trinajstić information content (AvgIpc) is 2.79. The van der Waals surface area contributed by atoms with Crippen molar-refractivity contribution >= 4 is 16.9 Å². The lowest BCUT2D eigenvalue weighted by atomic mass is 9.81. The zero-order valence-corrected chi connectivity index (χ0v) is 19.5. The average molecular weight is 446 g/mol. The van der Waals surface area contributed by atoms with E-state index in [-0.39, 0.29) is 17.9 Å². The highest BCUT2D eigenvalue weighted by Crippen LogP contribution is 2.43. The molecule has 1 fully saturated rings. The number of fused-ring (bicyclic) bond motifs is 2. The Morgan fingerprint density at radius 1 is 1.24 bits per heavy atom. The maximum absolute atomic E-state index is 11.9. The molecule has 2 atom stereocenters. The van der Waals surface area contributed by atoms with Crippen molar-refractivity contribution in [2.45, 2.75) is 64.4 Å². The number of aryl methyl sites for hydroxylation is 2. The van der Waals surface area contributed by atoms with E-state index in [1.165, 1.54) is 16.5 Å². The number of ether oxygens (including phenoxy) is 2. The molecule has 2 unspecified atom stereocenters. The number of benzene rings is 2. The third-order valence-electron chi connectivity index (χ3n) is 7.01. The zero-order valence-electron chi connectivity index (χ0n) is 19.5. The van der Waals surface area contributed by atoms with Crippen molar-refractivity contribution < 1.29 is 14.3 Å². The fourth-order valence-electron chi connectivity index (χ4n) is 5.27. The number of amides is 2. The Labute approximate surface area is 194 Å². The predicted molar refractivity (Wildman–Crippen MR) is 129 cm³/mol.